The normalized spacial score (nSPS) is 10.5. The van der Waals surface area contributed by atoms with Crippen LogP contribution >= 0.6 is 0 Å². The van der Waals surface area contributed by atoms with Gasteiger partial charge in [-0.15, -0.1) is 0 Å². The molecule has 0 saturated heterocycles. The minimum Gasteiger partial charge on any atom is -0.481 e. The number of aromatic nitrogens is 1. The van der Waals surface area contributed by atoms with Gasteiger partial charge in [-0.1, -0.05) is 12.2 Å². The Labute approximate surface area is 75.7 Å². The van der Waals surface area contributed by atoms with Crippen molar-refractivity contribution in [2.24, 2.45) is 0 Å². The van der Waals surface area contributed by atoms with E-state index >= 15 is 0 Å². The van der Waals surface area contributed by atoms with E-state index in [2.05, 4.69) is 4.98 Å². The highest BCUT2D eigenvalue weighted by Crippen LogP contribution is 2.08. The Morgan fingerprint density at radius 1 is 1.69 bits per heavy atom. The molecule has 0 amide bonds. The zero-order valence-corrected chi connectivity index (χ0v) is 6.97. The van der Waals surface area contributed by atoms with Gasteiger partial charge in [0, 0.05) is 11.8 Å². The van der Waals surface area contributed by atoms with E-state index in [4.69, 9.17) is 10.8 Å². The molecule has 0 unspecified atom stereocenters. The lowest BCUT2D eigenvalue weighted by Crippen LogP contribution is -1.93. The molecule has 1 aromatic heterocycles. The number of nitrogens with zero attached hydrogens (tertiary/aromatic N) is 1. The van der Waals surface area contributed by atoms with E-state index in [0.717, 1.165) is 5.56 Å². The minimum absolute atomic E-state index is 0.00562. The maximum Gasteiger partial charge on any atom is 0.307 e. The number of aliphatic carboxylic acids is 1. The molecule has 1 aromatic rings. The van der Waals surface area contributed by atoms with Crippen LogP contribution in [0.1, 0.15) is 12.0 Å². The van der Waals surface area contributed by atoms with Crippen LogP contribution in [0, 0.1) is 0 Å². The summed E-state index contributed by atoms with van der Waals surface area (Å²) < 4.78 is 0. The molecular weight excluding hydrogens is 168 g/mol. The van der Waals surface area contributed by atoms with Crippen LogP contribution < -0.4 is 5.73 Å². The van der Waals surface area contributed by atoms with Gasteiger partial charge >= 0.3 is 5.97 Å². The number of hydrogen-bond acceptors (Lipinski definition) is 3. The summed E-state index contributed by atoms with van der Waals surface area (Å²) in [5, 5.41) is 8.36. The molecule has 1 rings (SSSR count). The van der Waals surface area contributed by atoms with Crippen molar-refractivity contribution in [3.63, 3.8) is 0 Å². The van der Waals surface area contributed by atoms with Gasteiger partial charge in [0.1, 0.15) is 5.82 Å². The Hall–Kier alpha value is -1.84. The Morgan fingerprint density at radius 3 is 3.08 bits per heavy atom. The summed E-state index contributed by atoms with van der Waals surface area (Å²) in [5.74, 6) is -0.456. The lowest BCUT2D eigenvalue weighted by atomic mass is 10.2. The van der Waals surface area contributed by atoms with E-state index in [1.54, 1.807) is 24.4 Å². The largest absolute Gasteiger partial charge is 0.481 e. The smallest absolute Gasteiger partial charge is 0.307 e. The molecule has 4 nitrogen and oxygen atoms in total. The highest BCUT2D eigenvalue weighted by molar-refractivity contribution is 5.71. The van der Waals surface area contributed by atoms with Crippen molar-refractivity contribution in [2.45, 2.75) is 6.42 Å². The minimum atomic E-state index is -0.862. The standard InChI is InChI=1S/C9H10N2O2/c10-9-7(4-2-6-11-9)3-1-5-8(12)13/h1-4,6H,5H2,(H2,10,11)(H,12,13). The fourth-order valence-corrected chi connectivity index (χ4v) is 0.858. The number of pyridine rings is 1. The molecule has 4 heteroatoms. The molecule has 1 heterocycles. The van der Waals surface area contributed by atoms with Crippen molar-refractivity contribution in [1.29, 1.82) is 0 Å². The maximum atomic E-state index is 10.2. The predicted molar refractivity (Wildman–Crippen MR) is 49.9 cm³/mol. The number of nitrogen functional groups attached to an aromatic ring is 1. The van der Waals surface area contributed by atoms with Crippen molar-refractivity contribution >= 4 is 17.9 Å². The molecule has 3 N–H and O–H groups in total. The highest BCUT2D eigenvalue weighted by Gasteiger charge is 1.94. The first kappa shape index (κ1) is 9.25. The van der Waals surface area contributed by atoms with Gasteiger partial charge in [0.05, 0.1) is 6.42 Å². The molecule has 0 spiro atoms. The summed E-state index contributed by atoms with van der Waals surface area (Å²) in [6.45, 7) is 0. The van der Waals surface area contributed by atoms with E-state index in [1.165, 1.54) is 6.08 Å². The van der Waals surface area contributed by atoms with Crippen LogP contribution in [0.2, 0.25) is 0 Å². The monoisotopic (exact) mass is 178 g/mol. The summed E-state index contributed by atoms with van der Waals surface area (Å²) in [4.78, 5) is 14.0. The van der Waals surface area contributed by atoms with Crippen LogP contribution in [-0.4, -0.2) is 16.1 Å². The first-order chi connectivity index (χ1) is 6.20. The highest BCUT2D eigenvalue weighted by atomic mass is 16.4. The molecule has 0 aliphatic carbocycles. The average Bonchev–Trinajstić information content (AvgIpc) is 2.08. The number of carboxylic acid groups (broad SMARTS) is 1. The Morgan fingerprint density at radius 2 is 2.46 bits per heavy atom. The van der Waals surface area contributed by atoms with Crippen LogP contribution in [0.25, 0.3) is 6.08 Å². The second kappa shape index (κ2) is 4.25. The first-order valence-corrected chi connectivity index (χ1v) is 3.79. The lowest BCUT2D eigenvalue weighted by molar-refractivity contribution is -0.135. The summed E-state index contributed by atoms with van der Waals surface area (Å²) in [6.07, 6.45) is 4.77. The molecule has 0 aromatic carbocycles. The molecule has 0 radical (unpaired) electrons. The molecule has 13 heavy (non-hydrogen) atoms. The van der Waals surface area contributed by atoms with Crippen molar-refractivity contribution in [2.75, 3.05) is 5.73 Å². The number of carboxylic acids is 1. The third kappa shape index (κ3) is 2.94. The van der Waals surface area contributed by atoms with E-state index < -0.39 is 5.97 Å². The molecule has 0 atom stereocenters. The van der Waals surface area contributed by atoms with Crippen LogP contribution in [0.3, 0.4) is 0 Å². The number of carbonyl (C=O) groups is 1. The van der Waals surface area contributed by atoms with Gasteiger partial charge < -0.3 is 10.8 Å². The summed E-state index contributed by atoms with van der Waals surface area (Å²) >= 11 is 0. The molecule has 0 saturated carbocycles. The van der Waals surface area contributed by atoms with E-state index in [9.17, 15) is 4.79 Å². The van der Waals surface area contributed by atoms with Crippen LogP contribution in [-0.2, 0) is 4.79 Å². The zero-order valence-electron chi connectivity index (χ0n) is 6.97. The fraction of sp³-hybridized carbons (Fsp3) is 0.111. The quantitative estimate of drug-likeness (QED) is 0.727. The molecule has 0 aliphatic rings. The molecule has 0 fully saturated rings. The van der Waals surface area contributed by atoms with Crippen molar-refractivity contribution in [3.8, 4) is 0 Å². The maximum absolute atomic E-state index is 10.2. The van der Waals surface area contributed by atoms with E-state index in [1.807, 2.05) is 0 Å². The second-order valence-corrected chi connectivity index (χ2v) is 2.48. The molecule has 0 aliphatic heterocycles. The number of rotatable bonds is 3. The lowest BCUT2D eigenvalue weighted by Gasteiger charge is -1.96. The summed E-state index contributed by atoms with van der Waals surface area (Å²) in [5.41, 5.74) is 6.27. The zero-order chi connectivity index (χ0) is 9.68. The number of anilines is 1. The number of nitrogens with two attached hydrogens (primary N) is 1. The number of hydrogen-bond donors (Lipinski definition) is 2. The third-order valence-corrected chi connectivity index (χ3v) is 1.46. The van der Waals surface area contributed by atoms with Crippen LogP contribution in [0.15, 0.2) is 24.4 Å². The molecule has 68 valence electrons. The molecular formula is C9H10N2O2. The van der Waals surface area contributed by atoms with Crippen molar-refractivity contribution in [1.82, 2.24) is 4.98 Å². The third-order valence-electron chi connectivity index (χ3n) is 1.46. The Bertz CT molecular complexity index is 334. The Balaban J connectivity index is 2.68. The van der Waals surface area contributed by atoms with Gasteiger partial charge in [-0.25, -0.2) is 4.98 Å². The van der Waals surface area contributed by atoms with Crippen molar-refractivity contribution in [3.05, 3.63) is 30.0 Å². The molecule has 0 bridgehead atoms. The Kier molecular flexibility index (Phi) is 3.03. The van der Waals surface area contributed by atoms with Gasteiger partial charge in [0.2, 0.25) is 0 Å². The van der Waals surface area contributed by atoms with Gasteiger partial charge in [-0.05, 0) is 12.1 Å². The van der Waals surface area contributed by atoms with Crippen molar-refractivity contribution < 1.29 is 9.90 Å². The van der Waals surface area contributed by atoms with Crippen LogP contribution in [0.5, 0.6) is 0 Å². The van der Waals surface area contributed by atoms with E-state index in [0.29, 0.717) is 5.82 Å². The van der Waals surface area contributed by atoms with Gasteiger partial charge in [-0.3, -0.25) is 4.79 Å². The topological polar surface area (TPSA) is 76.2 Å². The second-order valence-electron chi connectivity index (χ2n) is 2.48. The van der Waals surface area contributed by atoms with Gasteiger partial charge in [0.25, 0.3) is 0 Å². The summed E-state index contributed by atoms with van der Waals surface area (Å²) in [7, 11) is 0. The van der Waals surface area contributed by atoms with Crippen LogP contribution in [0.4, 0.5) is 5.82 Å². The first-order valence-electron chi connectivity index (χ1n) is 3.79. The van der Waals surface area contributed by atoms with Gasteiger partial charge in [-0.2, -0.15) is 0 Å². The fourth-order valence-electron chi connectivity index (χ4n) is 0.858. The average molecular weight is 178 g/mol. The van der Waals surface area contributed by atoms with Gasteiger partial charge in [0.15, 0.2) is 0 Å². The SMILES string of the molecule is Nc1ncccc1C=CCC(=O)O. The predicted octanol–water partition coefficient (Wildman–Crippen LogP) is 1.15. The summed E-state index contributed by atoms with van der Waals surface area (Å²) in [6, 6.07) is 3.53. The van der Waals surface area contributed by atoms with E-state index in [-0.39, 0.29) is 6.42 Å².